The van der Waals surface area contributed by atoms with E-state index in [4.69, 9.17) is 0 Å². The Morgan fingerprint density at radius 1 is 1.35 bits per heavy atom. The van der Waals surface area contributed by atoms with Crippen molar-refractivity contribution in [1.82, 2.24) is 10.6 Å². The van der Waals surface area contributed by atoms with Gasteiger partial charge in [0.05, 0.1) is 2.88 Å². The fourth-order valence-corrected chi connectivity index (χ4v) is 3.01. The van der Waals surface area contributed by atoms with E-state index in [1.165, 1.54) is 7.76 Å². The number of nitrogens with zero attached hydrogens (tertiary/aromatic N) is 1. The van der Waals surface area contributed by atoms with Crippen molar-refractivity contribution in [3.05, 3.63) is 19.9 Å². The van der Waals surface area contributed by atoms with Crippen LogP contribution in [0.2, 0.25) is 0 Å². The second-order valence-electron chi connectivity index (χ2n) is 3.38. The molecule has 17 heavy (non-hydrogen) atoms. The smallest absolute Gasteiger partial charge is 0.190 e. The van der Waals surface area contributed by atoms with E-state index in [0.717, 1.165) is 31.9 Å². The summed E-state index contributed by atoms with van der Waals surface area (Å²) in [6, 6.07) is 4.35. The molecule has 0 amide bonds. The molecule has 1 heterocycles. The average molecular weight is 479 g/mol. The largest absolute Gasteiger partial charge is 0.356 e. The van der Waals surface area contributed by atoms with Crippen molar-refractivity contribution < 1.29 is 0 Å². The maximum Gasteiger partial charge on any atom is 0.190 e. The van der Waals surface area contributed by atoms with E-state index in [1.807, 2.05) is 11.3 Å². The maximum absolute atomic E-state index is 4.16. The third-order valence-electron chi connectivity index (χ3n) is 2.06. The first-order valence-corrected chi connectivity index (χ1v) is 7.34. The molecule has 0 aliphatic heterocycles. The van der Waals surface area contributed by atoms with Crippen molar-refractivity contribution >= 4 is 63.9 Å². The Kier molecular flexibility index (Phi) is 10.6. The third kappa shape index (κ3) is 7.45. The SMILES string of the molecule is CCCNC(=NC)NCCc1ccc(I)s1.I. The first kappa shape index (κ1) is 17.4. The molecule has 0 bridgehead atoms. The molecular weight excluding hydrogens is 460 g/mol. The zero-order valence-electron chi connectivity index (χ0n) is 10.1. The Morgan fingerprint density at radius 2 is 2.06 bits per heavy atom. The van der Waals surface area contributed by atoms with Crippen LogP contribution in [0, 0.1) is 2.88 Å². The Morgan fingerprint density at radius 3 is 2.59 bits per heavy atom. The van der Waals surface area contributed by atoms with E-state index >= 15 is 0 Å². The van der Waals surface area contributed by atoms with E-state index in [9.17, 15) is 0 Å². The second-order valence-corrected chi connectivity index (χ2v) is 6.44. The zero-order valence-corrected chi connectivity index (χ0v) is 15.4. The summed E-state index contributed by atoms with van der Waals surface area (Å²) in [6.45, 7) is 4.05. The van der Waals surface area contributed by atoms with Gasteiger partial charge in [0, 0.05) is 25.0 Å². The molecule has 1 aromatic rings. The van der Waals surface area contributed by atoms with Crippen molar-refractivity contribution in [2.45, 2.75) is 19.8 Å². The molecule has 6 heteroatoms. The van der Waals surface area contributed by atoms with Crippen LogP contribution < -0.4 is 10.6 Å². The number of thiophene rings is 1. The van der Waals surface area contributed by atoms with Crippen LogP contribution in [0.15, 0.2) is 17.1 Å². The zero-order chi connectivity index (χ0) is 11.8. The Labute approximate surface area is 138 Å². The van der Waals surface area contributed by atoms with E-state index in [2.05, 4.69) is 57.3 Å². The molecule has 0 saturated carbocycles. The molecular formula is C11H19I2N3S. The van der Waals surface area contributed by atoms with Gasteiger partial charge >= 0.3 is 0 Å². The Balaban J connectivity index is 0.00000256. The van der Waals surface area contributed by atoms with E-state index < -0.39 is 0 Å². The van der Waals surface area contributed by atoms with Gasteiger partial charge in [-0.05, 0) is 47.6 Å². The van der Waals surface area contributed by atoms with Crippen molar-refractivity contribution in [3.63, 3.8) is 0 Å². The van der Waals surface area contributed by atoms with Crippen LogP contribution in [0.1, 0.15) is 18.2 Å². The quantitative estimate of drug-likeness (QED) is 0.387. The highest BCUT2D eigenvalue weighted by atomic mass is 127. The van der Waals surface area contributed by atoms with Gasteiger partial charge in [0.15, 0.2) is 5.96 Å². The molecule has 0 aliphatic rings. The maximum atomic E-state index is 4.16. The minimum absolute atomic E-state index is 0. The predicted molar refractivity (Wildman–Crippen MR) is 95.8 cm³/mol. The van der Waals surface area contributed by atoms with E-state index in [0.29, 0.717) is 0 Å². The third-order valence-corrected chi connectivity index (χ3v) is 4.01. The fourth-order valence-electron chi connectivity index (χ4n) is 1.25. The monoisotopic (exact) mass is 479 g/mol. The molecule has 0 aromatic carbocycles. The van der Waals surface area contributed by atoms with Crippen molar-refractivity contribution in [2.75, 3.05) is 20.1 Å². The lowest BCUT2D eigenvalue weighted by Gasteiger charge is -2.10. The summed E-state index contributed by atoms with van der Waals surface area (Å²) in [5, 5.41) is 6.56. The highest BCUT2D eigenvalue weighted by molar-refractivity contribution is 14.1. The summed E-state index contributed by atoms with van der Waals surface area (Å²) in [5.74, 6) is 0.896. The average Bonchev–Trinajstić information content (AvgIpc) is 2.69. The summed E-state index contributed by atoms with van der Waals surface area (Å²) in [6.07, 6.45) is 2.17. The molecule has 1 rings (SSSR count). The van der Waals surface area contributed by atoms with Gasteiger partial charge in [-0.2, -0.15) is 0 Å². The molecule has 0 fully saturated rings. The van der Waals surface area contributed by atoms with Crippen molar-refractivity contribution in [3.8, 4) is 0 Å². The Hall–Kier alpha value is 0.430. The number of rotatable bonds is 5. The predicted octanol–water partition coefficient (Wildman–Crippen LogP) is 3.09. The van der Waals surface area contributed by atoms with Gasteiger partial charge in [-0.15, -0.1) is 35.3 Å². The van der Waals surface area contributed by atoms with Crippen LogP contribution in [0.5, 0.6) is 0 Å². The van der Waals surface area contributed by atoms with Gasteiger partial charge in [0.1, 0.15) is 0 Å². The number of aliphatic imine (C=N–C) groups is 1. The molecule has 3 nitrogen and oxygen atoms in total. The number of nitrogens with one attached hydrogen (secondary N) is 2. The van der Waals surface area contributed by atoms with Crippen LogP contribution in [0.3, 0.4) is 0 Å². The summed E-state index contributed by atoms with van der Waals surface area (Å²) in [5.41, 5.74) is 0. The molecule has 0 saturated heterocycles. The molecule has 0 atom stereocenters. The number of halogens is 2. The van der Waals surface area contributed by atoms with Gasteiger partial charge in [0.2, 0.25) is 0 Å². The lowest BCUT2D eigenvalue weighted by Crippen LogP contribution is -2.38. The first-order valence-electron chi connectivity index (χ1n) is 5.45. The topological polar surface area (TPSA) is 36.4 Å². The van der Waals surface area contributed by atoms with Crippen LogP contribution in [-0.2, 0) is 6.42 Å². The molecule has 1 aromatic heterocycles. The van der Waals surface area contributed by atoms with Gasteiger partial charge in [-0.3, -0.25) is 4.99 Å². The van der Waals surface area contributed by atoms with Crippen LogP contribution in [-0.4, -0.2) is 26.1 Å². The highest BCUT2D eigenvalue weighted by Gasteiger charge is 1.99. The standard InChI is InChI=1S/C11H18IN3S.HI/c1-3-7-14-11(13-2)15-8-6-9-4-5-10(12)16-9;/h4-5H,3,6-8H2,1-2H3,(H2,13,14,15);1H. The minimum atomic E-state index is 0. The number of hydrogen-bond acceptors (Lipinski definition) is 2. The van der Waals surface area contributed by atoms with Crippen molar-refractivity contribution in [1.29, 1.82) is 0 Å². The van der Waals surface area contributed by atoms with Crippen LogP contribution >= 0.6 is 57.9 Å². The molecule has 2 N–H and O–H groups in total. The molecule has 0 radical (unpaired) electrons. The number of hydrogen-bond donors (Lipinski definition) is 2. The highest BCUT2D eigenvalue weighted by Crippen LogP contribution is 2.18. The van der Waals surface area contributed by atoms with Gasteiger partial charge in [-0.1, -0.05) is 6.92 Å². The van der Waals surface area contributed by atoms with E-state index in [-0.39, 0.29) is 24.0 Å². The lowest BCUT2D eigenvalue weighted by atomic mass is 10.3. The Bertz CT molecular complexity index is 339. The summed E-state index contributed by atoms with van der Waals surface area (Å²) in [7, 11) is 1.80. The molecule has 0 spiro atoms. The van der Waals surface area contributed by atoms with Crippen LogP contribution in [0.25, 0.3) is 0 Å². The van der Waals surface area contributed by atoms with Crippen molar-refractivity contribution in [2.24, 2.45) is 4.99 Å². The minimum Gasteiger partial charge on any atom is -0.356 e. The molecule has 0 unspecified atom stereocenters. The summed E-state index contributed by atoms with van der Waals surface area (Å²) in [4.78, 5) is 5.58. The van der Waals surface area contributed by atoms with Crippen LogP contribution in [0.4, 0.5) is 0 Å². The first-order chi connectivity index (χ1) is 7.76. The van der Waals surface area contributed by atoms with Gasteiger partial charge < -0.3 is 10.6 Å². The number of guanidine groups is 1. The van der Waals surface area contributed by atoms with Gasteiger partial charge in [-0.25, -0.2) is 0 Å². The molecule has 98 valence electrons. The summed E-state index contributed by atoms with van der Waals surface area (Å²) >= 11 is 4.20. The normalized spacial score (nSPS) is 10.9. The summed E-state index contributed by atoms with van der Waals surface area (Å²) < 4.78 is 1.35. The van der Waals surface area contributed by atoms with E-state index in [1.54, 1.807) is 7.05 Å². The fraction of sp³-hybridized carbons (Fsp3) is 0.545. The van der Waals surface area contributed by atoms with Gasteiger partial charge in [0.25, 0.3) is 0 Å². The molecule has 0 aliphatic carbocycles. The second kappa shape index (κ2) is 10.4. The lowest BCUT2D eigenvalue weighted by molar-refractivity contribution is 0.776.